The number of carbonyl (C=O) groups excluding carboxylic acids is 1. The van der Waals surface area contributed by atoms with Gasteiger partial charge in [-0.15, -0.1) is 0 Å². The summed E-state index contributed by atoms with van der Waals surface area (Å²) in [4.78, 5) is 11.4. The number of aliphatic hydroxyl groups is 1. The molecule has 5 heteroatoms. The van der Waals surface area contributed by atoms with E-state index < -0.39 is 5.97 Å². The van der Waals surface area contributed by atoms with Crippen molar-refractivity contribution in [2.24, 2.45) is 0 Å². The number of ether oxygens (including phenoxy) is 1. The molecule has 0 aromatic heterocycles. The van der Waals surface area contributed by atoms with Gasteiger partial charge in [0.1, 0.15) is 17.1 Å². The Morgan fingerprint density at radius 1 is 1.44 bits per heavy atom. The van der Waals surface area contributed by atoms with Crippen molar-refractivity contribution in [3.63, 3.8) is 0 Å². The van der Waals surface area contributed by atoms with Gasteiger partial charge < -0.3 is 20.1 Å². The van der Waals surface area contributed by atoms with Crippen molar-refractivity contribution in [3.05, 3.63) is 29.3 Å². The molecule has 16 heavy (non-hydrogen) atoms. The van der Waals surface area contributed by atoms with Crippen molar-refractivity contribution in [3.8, 4) is 11.5 Å². The number of hydrogen-bond donors (Lipinski definition) is 3. The quantitative estimate of drug-likeness (QED) is 0.664. The Bertz CT molecular complexity index is 423. The molecule has 0 fully saturated rings. The van der Waals surface area contributed by atoms with E-state index in [1.54, 1.807) is 0 Å². The summed E-state index contributed by atoms with van der Waals surface area (Å²) in [6.07, 6.45) is 2.78. The molecule has 3 N–H and O–H groups in total. The highest BCUT2D eigenvalue weighted by Gasteiger charge is 2.16. The number of rotatable bonds is 3. The van der Waals surface area contributed by atoms with Crippen LogP contribution in [0.25, 0.3) is 6.08 Å². The van der Waals surface area contributed by atoms with Gasteiger partial charge in [-0.1, -0.05) is 12.2 Å². The Hall–Kier alpha value is -2.01. The third-order valence-corrected chi connectivity index (χ3v) is 1.93. The summed E-state index contributed by atoms with van der Waals surface area (Å²) in [5.74, 6) is -1.26. The molecule has 1 aromatic carbocycles. The van der Waals surface area contributed by atoms with Crippen LogP contribution in [-0.4, -0.2) is 35.0 Å². The summed E-state index contributed by atoms with van der Waals surface area (Å²) in [5.41, 5.74) is 0.225. The maximum Gasteiger partial charge on any atom is 0.342 e. The van der Waals surface area contributed by atoms with E-state index in [2.05, 4.69) is 4.74 Å². The molecule has 5 nitrogen and oxygen atoms in total. The van der Waals surface area contributed by atoms with E-state index in [1.165, 1.54) is 25.3 Å². The summed E-state index contributed by atoms with van der Waals surface area (Å²) in [7, 11) is 1.19. The molecule has 0 amide bonds. The zero-order valence-electron chi connectivity index (χ0n) is 8.67. The molecule has 0 aliphatic carbocycles. The average Bonchev–Trinajstić information content (AvgIpc) is 2.24. The molecule has 1 aromatic rings. The van der Waals surface area contributed by atoms with Gasteiger partial charge in [-0.25, -0.2) is 4.79 Å². The highest BCUT2D eigenvalue weighted by atomic mass is 16.5. The minimum atomic E-state index is -0.713. The van der Waals surface area contributed by atoms with Crippen molar-refractivity contribution in [1.29, 1.82) is 0 Å². The fourth-order valence-electron chi connectivity index (χ4n) is 1.27. The summed E-state index contributed by atoms with van der Waals surface area (Å²) in [6, 6.07) is 2.33. The first kappa shape index (κ1) is 12.1. The lowest BCUT2D eigenvalue weighted by molar-refractivity contribution is 0.0597. The van der Waals surface area contributed by atoms with Gasteiger partial charge >= 0.3 is 5.97 Å². The molecule has 1 rings (SSSR count). The Morgan fingerprint density at radius 3 is 2.69 bits per heavy atom. The van der Waals surface area contributed by atoms with Gasteiger partial charge in [-0.2, -0.15) is 0 Å². The number of benzene rings is 1. The monoisotopic (exact) mass is 224 g/mol. The number of carbonyl (C=O) groups is 1. The lowest BCUT2D eigenvalue weighted by atomic mass is 10.1. The molecule has 0 radical (unpaired) electrons. The number of esters is 1. The van der Waals surface area contributed by atoms with E-state index in [-0.39, 0.29) is 29.2 Å². The molecular formula is C11H12O5. The van der Waals surface area contributed by atoms with Crippen molar-refractivity contribution in [2.45, 2.75) is 0 Å². The van der Waals surface area contributed by atoms with Gasteiger partial charge in [0, 0.05) is 6.07 Å². The SMILES string of the molecule is COC(=O)c1c(O)cc(O)cc1C=CCO. The van der Waals surface area contributed by atoms with Crippen LogP contribution in [0.3, 0.4) is 0 Å². The van der Waals surface area contributed by atoms with Gasteiger partial charge in [0.25, 0.3) is 0 Å². The van der Waals surface area contributed by atoms with E-state index in [0.29, 0.717) is 0 Å². The number of aromatic hydroxyl groups is 2. The van der Waals surface area contributed by atoms with E-state index in [0.717, 1.165) is 6.07 Å². The number of methoxy groups -OCH3 is 1. The Morgan fingerprint density at radius 2 is 2.12 bits per heavy atom. The van der Waals surface area contributed by atoms with Crippen LogP contribution in [0.15, 0.2) is 18.2 Å². The van der Waals surface area contributed by atoms with Gasteiger partial charge in [-0.05, 0) is 11.6 Å². The summed E-state index contributed by atoms with van der Waals surface area (Å²) >= 11 is 0. The molecule has 0 spiro atoms. The van der Waals surface area contributed by atoms with E-state index in [4.69, 9.17) is 5.11 Å². The van der Waals surface area contributed by atoms with E-state index in [1.807, 2.05) is 0 Å². The molecule has 0 atom stereocenters. The van der Waals surface area contributed by atoms with E-state index >= 15 is 0 Å². The van der Waals surface area contributed by atoms with Crippen LogP contribution < -0.4 is 0 Å². The lowest BCUT2D eigenvalue weighted by Crippen LogP contribution is -2.04. The largest absolute Gasteiger partial charge is 0.508 e. The third kappa shape index (κ3) is 2.52. The standard InChI is InChI=1S/C11H12O5/c1-16-11(15)10-7(3-2-4-12)5-8(13)6-9(10)14/h2-3,5-6,12-14H,4H2,1H3. The first-order valence-electron chi connectivity index (χ1n) is 4.51. The second kappa shape index (κ2) is 5.18. The predicted molar refractivity (Wildman–Crippen MR) is 57.2 cm³/mol. The van der Waals surface area contributed by atoms with Crippen LogP contribution in [0.4, 0.5) is 0 Å². The Kier molecular flexibility index (Phi) is 3.90. The second-order valence-corrected chi connectivity index (χ2v) is 3.01. The highest BCUT2D eigenvalue weighted by Crippen LogP contribution is 2.28. The van der Waals surface area contributed by atoms with E-state index in [9.17, 15) is 15.0 Å². The average molecular weight is 224 g/mol. The van der Waals surface area contributed by atoms with Crippen molar-refractivity contribution < 1.29 is 24.9 Å². The van der Waals surface area contributed by atoms with Gasteiger partial charge in [0.15, 0.2) is 0 Å². The maximum atomic E-state index is 11.4. The maximum absolute atomic E-state index is 11.4. The highest BCUT2D eigenvalue weighted by molar-refractivity contribution is 5.96. The minimum Gasteiger partial charge on any atom is -0.508 e. The first-order chi connectivity index (χ1) is 7.60. The summed E-state index contributed by atoms with van der Waals surface area (Å²) < 4.78 is 4.50. The zero-order chi connectivity index (χ0) is 12.1. The fourth-order valence-corrected chi connectivity index (χ4v) is 1.27. The fraction of sp³-hybridized carbons (Fsp3) is 0.182. The number of hydrogen-bond acceptors (Lipinski definition) is 5. The number of phenols is 2. The summed E-state index contributed by atoms with van der Waals surface area (Å²) in [6.45, 7) is -0.211. The van der Waals surface area contributed by atoms with Crippen molar-refractivity contribution in [2.75, 3.05) is 13.7 Å². The first-order valence-corrected chi connectivity index (χ1v) is 4.51. The topological polar surface area (TPSA) is 87.0 Å². The Balaban J connectivity index is 3.32. The molecule has 0 saturated heterocycles. The molecule has 0 aliphatic rings. The van der Waals surface area contributed by atoms with Crippen LogP contribution in [0, 0.1) is 0 Å². The molecule has 0 heterocycles. The van der Waals surface area contributed by atoms with Crippen LogP contribution in [0.1, 0.15) is 15.9 Å². The third-order valence-electron chi connectivity index (χ3n) is 1.93. The van der Waals surface area contributed by atoms with Crippen molar-refractivity contribution >= 4 is 12.0 Å². The second-order valence-electron chi connectivity index (χ2n) is 3.01. The summed E-state index contributed by atoms with van der Waals surface area (Å²) in [5, 5.41) is 27.4. The minimum absolute atomic E-state index is 0.0509. The molecule has 0 bridgehead atoms. The molecule has 0 aliphatic heterocycles. The lowest BCUT2D eigenvalue weighted by Gasteiger charge is -2.07. The predicted octanol–water partition coefficient (Wildman–Crippen LogP) is 0.890. The smallest absolute Gasteiger partial charge is 0.342 e. The molecular weight excluding hydrogens is 212 g/mol. The van der Waals surface area contributed by atoms with Gasteiger partial charge in [-0.3, -0.25) is 0 Å². The number of aliphatic hydroxyl groups excluding tert-OH is 1. The van der Waals surface area contributed by atoms with Crippen LogP contribution >= 0.6 is 0 Å². The normalized spacial score (nSPS) is 10.6. The van der Waals surface area contributed by atoms with Gasteiger partial charge in [0.05, 0.1) is 13.7 Å². The van der Waals surface area contributed by atoms with Crippen molar-refractivity contribution in [1.82, 2.24) is 0 Å². The number of phenolic OH excluding ortho intramolecular Hbond substituents is 2. The van der Waals surface area contributed by atoms with Gasteiger partial charge in [0.2, 0.25) is 0 Å². The van der Waals surface area contributed by atoms with Crippen LogP contribution in [-0.2, 0) is 4.74 Å². The Labute approximate surface area is 92.2 Å². The molecule has 86 valence electrons. The van der Waals surface area contributed by atoms with Crippen LogP contribution in [0.2, 0.25) is 0 Å². The van der Waals surface area contributed by atoms with Crippen LogP contribution in [0.5, 0.6) is 11.5 Å². The molecule has 0 saturated carbocycles. The zero-order valence-corrected chi connectivity index (χ0v) is 8.67. The molecule has 0 unspecified atom stereocenters.